The zero-order valence-corrected chi connectivity index (χ0v) is 8.50. The Bertz CT molecular complexity index is 368. The number of carbonyl (C=O) groups excluding carboxylic acids is 2. The van der Waals surface area contributed by atoms with Crippen LogP contribution in [0.25, 0.3) is 0 Å². The van der Waals surface area contributed by atoms with E-state index in [1.54, 1.807) is 17.8 Å². The molecule has 0 spiro atoms. The molecule has 14 heavy (non-hydrogen) atoms. The van der Waals surface area contributed by atoms with Crippen LogP contribution >= 0.6 is 0 Å². The Morgan fingerprint density at radius 2 is 2.21 bits per heavy atom. The van der Waals surface area contributed by atoms with Gasteiger partial charge in [0.25, 0.3) is 0 Å². The van der Waals surface area contributed by atoms with E-state index >= 15 is 0 Å². The van der Waals surface area contributed by atoms with Crippen molar-refractivity contribution in [2.75, 3.05) is 5.32 Å². The molecular weight excluding hydrogens is 182 g/mol. The lowest BCUT2D eigenvalue weighted by molar-refractivity contribution is -0.124. The van der Waals surface area contributed by atoms with Crippen molar-refractivity contribution in [3.63, 3.8) is 0 Å². The molecule has 5 nitrogen and oxygen atoms in total. The van der Waals surface area contributed by atoms with Gasteiger partial charge in [-0.3, -0.25) is 9.59 Å². The number of aryl methyl sites for hydroxylation is 1. The van der Waals surface area contributed by atoms with Gasteiger partial charge in [-0.1, -0.05) is 0 Å². The molecule has 0 saturated heterocycles. The molecule has 1 aromatic rings. The van der Waals surface area contributed by atoms with E-state index in [-0.39, 0.29) is 18.1 Å². The van der Waals surface area contributed by atoms with Gasteiger partial charge in [0.15, 0.2) is 0 Å². The predicted molar refractivity (Wildman–Crippen MR) is 51.9 cm³/mol. The molecule has 5 heteroatoms. The average Bonchev–Trinajstić information content (AvgIpc) is 2.34. The van der Waals surface area contributed by atoms with Crippen LogP contribution in [-0.4, -0.2) is 21.2 Å². The summed E-state index contributed by atoms with van der Waals surface area (Å²) < 4.78 is 1.75. The summed E-state index contributed by atoms with van der Waals surface area (Å²) in [5.41, 5.74) is 0. The summed E-state index contributed by atoms with van der Waals surface area (Å²) in [5, 5.41) is 2.60. The van der Waals surface area contributed by atoms with E-state index in [1.165, 1.54) is 6.92 Å². The summed E-state index contributed by atoms with van der Waals surface area (Å²) in [5.74, 6) is 0.957. The molecule has 0 radical (unpaired) electrons. The maximum atomic E-state index is 11.2. The van der Waals surface area contributed by atoms with Gasteiger partial charge in [-0.05, 0) is 13.8 Å². The third-order valence-electron chi connectivity index (χ3n) is 1.90. The first-order valence-corrected chi connectivity index (χ1v) is 4.28. The summed E-state index contributed by atoms with van der Waals surface area (Å²) in [4.78, 5) is 25.9. The Hall–Kier alpha value is -1.65. The van der Waals surface area contributed by atoms with Crippen LogP contribution in [0.1, 0.15) is 19.2 Å². The molecule has 1 aromatic heterocycles. The zero-order valence-electron chi connectivity index (χ0n) is 8.50. The van der Waals surface area contributed by atoms with E-state index in [2.05, 4.69) is 10.3 Å². The highest BCUT2D eigenvalue weighted by atomic mass is 16.2. The second-order valence-corrected chi connectivity index (χ2v) is 3.18. The van der Waals surface area contributed by atoms with Crippen molar-refractivity contribution in [1.29, 1.82) is 0 Å². The van der Waals surface area contributed by atoms with Crippen LogP contribution in [0.2, 0.25) is 0 Å². The van der Waals surface area contributed by atoms with Crippen molar-refractivity contribution >= 4 is 17.5 Å². The Morgan fingerprint density at radius 3 is 2.64 bits per heavy atom. The number of rotatable bonds is 3. The number of anilines is 1. The van der Waals surface area contributed by atoms with Crippen LogP contribution in [0, 0.1) is 6.92 Å². The standard InChI is InChI=1S/C9H13N3O2/c1-6(13)4-9(14)11-8-5-10-7(2)12(8)3/h5H,4H2,1-3H3,(H,11,14). The van der Waals surface area contributed by atoms with Gasteiger partial charge >= 0.3 is 0 Å². The van der Waals surface area contributed by atoms with Gasteiger partial charge in [0.2, 0.25) is 5.91 Å². The number of Topliss-reactive ketones (excluding diaryl/α,β-unsaturated/α-hetero) is 1. The first-order chi connectivity index (χ1) is 6.50. The smallest absolute Gasteiger partial charge is 0.232 e. The fourth-order valence-electron chi connectivity index (χ4n) is 1.03. The minimum atomic E-state index is -0.305. The van der Waals surface area contributed by atoms with Gasteiger partial charge in [-0.2, -0.15) is 0 Å². The van der Waals surface area contributed by atoms with Gasteiger partial charge in [-0.25, -0.2) is 4.98 Å². The molecule has 0 aliphatic heterocycles. The van der Waals surface area contributed by atoms with Gasteiger partial charge in [0.05, 0.1) is 12.6 Å². The van der Waals surface area contributed by atoms with Crippen LogP contribution < -0.4 is 5.32 Å². The van der Waals surface area contributed by atoms with Crippen molar-refractivity contribution in [3.8, 4) is 0 Å². The molecule has 0 bridgehead atoms. The minimum Gasteiger partial charge on any atom is -0.318 e. The van der Waals surface area contributed by atoms with E-state index in [4.69, 9.17) is 0 Å². The summed E-state index contributed by atoms with van der Waals surface area (Å²) in [6.07, 6.45) is 1.47. The molecule has 0 aliphatic rings. The number of nitrogens with zero attached hydrogens (tertiary/aromatic N) is 2. The molecule has 0 aromatic carbocycles. The van der Waals surface area contributed by atoms with E-state index in [9.17, 15) is 9.59 Å². The quantitative estimate of drug-likeness (QED) is 0.720. The van der Waals surface area contributed by atoms with Gasteiger partial charge in [-0.15, -0.1) is 0 Å². The molecule has 1 rings (SSSR count). The molecule has 1 N–H and O–H groups in total. The fourth-order valence-corrected chi connectivity index (χ4v) is 1.03. The first kappa shape index (κ1) is 10.4. The van der Waals surface area contributed by atoms with Crippen molar-refractivity contribution < 1.29 is 9.59 Å². The third kappa shape index (κ3) is 2.42. The summed E-state index contributed by atoms with van der Waals surface area (Å²) >= 11 is 0. The highest BCUT2D eigenvalue weighted by Crippen LogP contribution is 2.07. The van der Waals surface area contributed by atoms with Crippen LogP contribution in [0.5, 0.6) is 0 Å². The van der Waals surface area contributed by atoms with Crippen molar-refractivity contribution in [1.82, 2.24) is 9.55 Å². The highest BCUT2D eigenvalue weighted by Gasteiger charge is 2.08. The highest BCUT2D eigenvalue weighted by molar-refractivity contribution is 6.03. The Kier molecular flexibility index (Phi) is 3.01. The first-order valence-electron chi connectivity index (χ1n) is 4.28. The number of amides is 1. The molecule has 76 valence electrons. The molecule has 0 atom stereocenters. The van der Waals surface area contributed by atoms with E-state index in [1.807, 2.05) is 6.92 Å². The molecule has 0 aliphatic carbocycles. The molecular formula is C9H13N3O2. The lowest BCUT2D eigenvalue weighted by Gasteiger charge is -2.04. The van der Waals surface area contributed by atoms with Crippen molar-refractivity contribution in [2.45, 2.75) is 20.3 Å². The number of ketones is 1. The summed E-state index contributed by atoms with van der Waals surface area (Å²) in [7, 11) is 1.80. The normalized spacial score (nSPS) is 9.93. The summed E-state index contributed by atoms with van der Waals surface area (Å²) in [6.45, 7) is 3.22. The molecule has 0 saturated carbocycles. The van der Waals surface area contributed by atoms with Gasteiger partial charge < -0.3 is 9.88 Å². The fraction of sp³-hybridized carbons (Fsp3) is 0.444. The second-order valence-electron chi connectivity index (χ2n) is 3.18. The minimum absolute atomic E-state index is 0.0930. The maximum absolute atomic E-state index is 11.2. The Balaban J connectivity index is 2.65. The number of imidazole rings is 1. The van der Waals surface area contributed by atoms with E-state index < -0.39 is 0 Å². The van der Waals surface area contributed by atoms with Crippen LogP contribution in [0.3, 0.4) is 0 Å². The largest absolute Gasteiger partial charge is 0.318 e. The van der Waals surface area contributed by atoms with Crippen LogP contribution in [-0.2, 0) is 16.6 Å². The SMILES string of the molecule is CC(=O)CC(=O)Nc1cnc(C)n1C. The zero-order chi connectivity index (χ0) is 10.7. The number of hydrogen-bond acceptors (Lipinski definition) is 3. The number of aromatic nitrogens is 2. The lowest BCUT2D eigenvalue weighted by atomic mass is 10.3. The van der Waals surface area contributed by atoms with Crippen molar-refractivity contribution in [2.24, 2.45) is 7.05 Å². The Morgan fingerprint density at radius 1 is 1.57 bits per heavy atom. The Labute approximate surface area is 82.1 Å². The number of nitrogens with one attached hydrogen (secondary N) is 1. The van der Waals surface area contributed by atoms with E-state index in [0.29, 0.717) is 5.82 Å². The topological polar surface area (TPSA) is 64.0 Å². The number of carbonyl (C=O) groups is 2. The molecule has 1 heterocycles. The summed E-state index contributed by atoms with van der Waals surface area (Å²) in [6, 6.07) is 0. The van der Waals surface area contributed by atoms with Gasteiger partial charge in [0, 0.05) is 7.05 Å². The third-order valence-corrected chi connectivity index (χ3v) is 1.90. The second kappa shape index (κ2) is 4.04. The van der Waals surface area contributed by atoms with Crippen LogP contribution in [0.15, 0.2) is 6.20 Å². The lowest BCUT2D eigenvalue weighted by Crippen LogP contribution is -2.16. The monoisotopic (exact) mass is 195 g/mol. The number of hydrogen-bond donors (Lipinski definition) is 1. The molecule has 1 amide bonds. The average molecular weight is 195 g/mol. The predicted octanol–water partition coefficient (Wildman–Crippen LogP) is 0.646. The van der Waals surface area contributed by atoms with E-state index in [0.717, 1.165) is 5.82 Å². The maximum Gasteiger partial charge on any atom is 0.232 e. The molecule has 0 unspecified atom stereocenters. The van der Waals surface area contributed by atoms with Crippen LogP contribution in [0.4, 0.5) is 5.82 Å². The molecule has 0 fully saturated rings. The van der Waals surface area contributed by atoms with Crippen molar-refractivity contribution in [3.05, 3.63) is 12.0 Å². The van der Waals surface area contributed by atoms with Gasteiger partial charge in [0.1, 0.15) is 17.4 Å².